The second kappa shape index (κ2) is 7.37. The average molecular weight is 408 g/mol. The highest BCUT2D eigenvalue weighted by Crippen LogP contribution is 2.30. The zero-order valence-corrected chi connectivity index (χ0v) is 15.4. The van der Waals surface area contributed by atoms with E-state index >= 15 is 0 Å². The van der Waals surface area contributed by atoms with Crippen LogP contribution in [0.1, 0.15) is 30.1 Å². The number of hydrogen-bond donors (Lipinski definition) is 1. The lowest BCUT2D eigenvalue weighted by molar-refractivity contribution is -0.137. The van der Waals surface area contributed by atoms with Gasteiger partial charge in [0.15, 0.2) is 0 Å². The first-order chi connectivity index (χ1) is 13.8. The maximum absolute atomic E-state index is 12.6. The topological polar surface area (TPSA) is 83.4 Å². The SMILES string of the molecule is O=C1CCCN1Cc1cn(C2CN(C(=O)Nc3ccc(C(F)(F)F)cc3)C2)nn1. The number of nitrogens with one attached hydrogen (secondary N) is 1. The zero-order valence-electron chi connectivity index (χ0n) is 15.4. The van der Waals surface area contributed by atoms with Crippen molar-refractivity contribution in [3.63, 3.8) is 0 Å². The van der Waals surface area contributed by atoms with E-state index in [9.17, 15) is 22.8 Å². The van der Waals surface area contributed by atoms with Crippen molar-refractivity contribution in [2.75, 3.05) is 25.0 Å². The highest BCUT2D eigenvalue weighted by atomic mass is 19.4. The number of carbonyl (C=O) groups is 2. The van der Waals surface area contributed by atoms with Crippen LogP contribution in [0.25, 0.3) is 0 Å². The minimum absolute atomic E-state index is 0.0242. The van der Waals surface area contributed by atoms with E-state index in [0.717, 1.165) is 25.1 Å². The van der Waals surface area contributed by atoms with Crippen LogP contribution in [0.4, 0.5) is 23.7 Å². The molecule has 4 rings (SSSR count). The third-order valence-electron chi connectivity index (χ3n) is 5.07. The molecule has 154 valence electrons. The van der Waals surface area contributed by atoms with Crippen LogP contribution in [0.3, 0.4) is 0 Å². The fourth-order valence-electron chi connectivity index (χ4n) is 3.36. The second-order valence-electron chi connectivity index (χ2n) is 7.17. The van der Waals surface area contributed by atoms with E-state index < -0.39 is 11.7 Å². The van der Waals surface area contributed by atoms with Gasteiger partial charge in [0.25, 0.3) is 0 Å². The van der Waals surface area contributed by atoms with E-state index in [2.05, 4.69) is 15.6 Å². The smallest absolute Gasteiger partial charge is 0.337 e. The molecular weight excluding hydrogens is 389 g/mol. The first-order valence-corrected chi connectivity index (χ1v) is 9.21. The van der Waals surface area contributed by atoms with E-state index in [0.29, 0.717) is 37.4 Å². The predicted octanol–water partition coefficient (Wildman–Crippen LogP) is 2.51. The van der Waals surface area contributed by atoms with Gasteiger partial charge in [-0.3, -0.25) is 4.79 Å². The Bertz CT molecular complexity index is 905. The molecule has 8 nitrogen and oxygen atoms in total. The van der Waals surface area contributed by atoms with Crippen LogP contribution >= 0.6 is 0 Å². The molecule has 29 heavy (non-hydrogen) atoms. The summed E-state index contributed by atoms with van der Waals surface area (Å²) in [5.41, 5.74) is 0.231. The van der Waals surface area contributed by atoms with Gasteiger partial charge in [-0.1, -0.05) is 5.21 Å². The quantitative estimate of drug-likeness (QED) is 0.843. The summed E-state index contributed by atoms with van der Waals surface area (Å²) in [6.45, 7) is 1.99. The van der Waals surface area contributed by atoms with Gasteiger partial charge in [-0.15, -0.1) is 5.10 Å². The van der Waals surface area contributed by atoms with E-state index in [1.165, 1.54) is 17.0 Å². The lowest BCUT2D eigenvalue weighted by Crippen LogP contribution is -2.52. The van der Waals surface area contributed by atoms with Crippen LogP contribution in [-0.2, 0) is 17.5 Å². The molecule has 1 aromatic carbocycles. The van der Waals surface area contributed by atoms with Gasteiger partial charge >= 0.3 is 12.2 Å². The summed E-state index contributed by atoms with van der Waals surface area (Å²) in [6.07, 6.45) is -1.20. The largest absolute Gasteiger partial charge is 0.416 e. The van der Waals surface area contributed by atoms with E-state index in [1.807, 2.05) is 0 Å². The van der Waals surface area contributed by atoms with Crippen LogP contribution in [0.15, 0.2) is 30.5 Å². The number of urea groups is 1. The van der Waals surface area contributed by atoms with Gasteiger partial charge in [0.1, 0.15) is 5.69 Å². The van der Waals surface area contributed by atoms with Crippen molar-refractivity contribution in [3.05, 3.63) is 41.7 Å². The molecule has 0 atom stereocenters. The van der Waals surface area contributed by atoms with Gasteiger partial charge in [-0.2, -0.15) is 13.2 Å². The maximum atomic E-state index is 12.6. The number of rotatable bonds is 4. The van der Waals surface area contributed by atoms with Gasteiger partial charge in [0, 0.05) is 31.7 Å². The van der Waals surface area contributed by atoms with Gasteiger partial charge in [0.05, 0.1) is 24.3 Å². The molecular formula is C18H19F3N6O2. The Balaban J connectivity index is 1.27. The molecule has 2 aromatic rings. The van der Waals surface area contributed by atoms with E-state index in [4.69, 9.17) is 0 Å². The van der Waals surface area contributed by atoms with Crippen LogP contribution in [0.2, 0.25) is 0 Å². The molecule has 0 saturated carbocycles. The summed E-state index contributed by atoms with van der Waals surface area (Å²) in [6, 6.07) is 3.89. The number of nitrogens with zero attached hydrogens (tertiary/aromatic N) is 5. The lowest BCUT2D eigenvalue weighted by Gasteiger charge is -2.38. The summed E-state index contributed by atoms with van der Waals surface area (Å²) >= 11 is 0. The van der Waals surface area contributed by atoms with E-state index in [-0.39, 0.29) is 18.0 Å². The highest BCUT2D eigenvalue weighted by Gasteiger charge is 2.34. The fourth-order valence-corrected chi connectivity index (χ4v) is 3.36. The van der Waals surface area contributed by atoms with Crippen LogP contribution < -0.4 is 5.32 Å². The number of alkyl halides is 3. The number of anilines is 1. The second-order valence-corrected chi connectivity index (χ2v) is 7.17. The Kier molecular flexibility index (Phi) is 4.89. The number of hydrogen-bond acceptors (Lipinski definition) is 4. The first-order valence-electron chi connectivity index (χ1n) is 9.21. The minimum atomic E-state index is -4.41. The van der Waals surface area contributed by atoms with Gasteiger partial charge < -0.3 is 15.1 Å². The molecule has 2 fully saturated rings. The van der Waals surface area contributed by atoms with Crippen molar-refractivity contribution in [2.45, 2.75) is 31.6 Å². The van der Waals surface area contributed by atoms with Crippen molar-refractivity contribution < 1.29 is 22.8 Å². The van der Waals surface area contributed by atoms with Crippen molar-refractivity contribution in [1.82, 2.24) is 24.8 Å². The number of aromatic nitrogens is 3. The Labute approximate surface area is 164 Å². The normalized spacial score (nSPS) is 17.6. The number of amides is 3. The number of carbonyl (C=O) groups excluding carboxylic acids is 2. The Hall–Kier alpha value is -3.11. The third kappa shape index (κ3) is 4.17. The van der Waals surface area contributed by atoms with Crippen molar-refractivity contribution >= 4 is 17.6 Å². The molecule has 3 heterocycles. The van der Waals surface area contributed by atoms with Gasteiger partial charge in [-0.05, 0) is 30.7 Å². The van der Waals surface area contributed by atoms with Crippen LogP contribution in [0, 0.1) is 0 Å². The number of benzene rings is 1. The summed E-state index contributed by atoms with van der Waals surface area (Å²) in [7, 11) is 0. The van der Waals surface area contributed by atoms with E-state index in [1.54, 1.807) is 15.8 Å². The minimum Gasteiger partial charge on any atom is -0.337 e. The molecule has 2 aliphatic rings. The molecule has 0 radical (unpaired) electrons. The van der Waals surface area contributed by atoms with Crippen molar-refractivity contribution in [2.24, 2.45) is 0 Å². The Morgan fingerprint density at radius 2 is 1.93 bits per heavy atom. The number of halogens is 3. The third-order valence-corrected chi connectivity index (χ3v) is 5.07. The summed E-state index contributed by atoms with van der Waals surface area (Å²) < 4.78 is 39.4. The molecule has 11 heteroatoms. The summed E-state index contributed by atoms with van der Waals surface area (Å²) in [5, 5.41) is 10.8. The molecule has 2 saturated heterocycles. The molecule has 0 aliphatic carbocycles. The summed E-state index contributed by atoms with van der Waals surface area (Å²) in [5.74, 6) is 0.120. The predicted molar refractivity (Wildman–Crippen MR) is 95.7 cm³/mol. The number of likely N-dealkylation sites (tertiary alicyclic amines) is 2. The fraction of sp³-hybridized carbons (Fsp3) is 0.444. The zero-order chi connectivity index (χ0) is 20.6. The maximum Gasteiger partial charge on any atom is 0.416 e. The molecule has 1 N–H and O–H groups in total. The Morgan fingerprint density at radius 3 is 2.55 bits per heavy atom. The van der Waals surface area contributed by atoms with Crippen molar-refractivity contribution in [3.8, 4) is 0 Å². The molecule has 1 aromatic heterocycles. The lowest BCUT2D eigenvalue weighted by atomic mass is 10.1. The molecule has 0 unspecified atom stereocenters. The highest BCUT2D eigenvalue weighted by molar-refractivity contribution is 5.89. The van der Waals surface area contributed by atoms with Gasteiger partial charge in [0.2, 0.25) is 5.91 Å². The molecule has 0 spiro atoms. The Morgan fingerprint density at radius 1 is 1.21 bits per heavy atom. The monoisotopic (exact) mass is 408 g/mol. The van der Waals surface area contributed by atoms with Crippen molar-refractivity contribution in [1.29, 1.82) is 0 Å². The van der Waals surface area contributed by atoms with Gasteiger partial charge in [-0.25, -0.2) is 9.48 Å². The van der Waals surface area contributed by atoms with Crippen LogP contribution in [0.5, 0.6) is 0 Å². The summed E-state index contributed by atoms with van der Waals surface area (Å²) in [4.78, 5) is 27.2. The standard InChI is InChI=1S/C18H19F3N6O2/c19-18(20,21)12-3-5-13(6-4-12)22-17(29)26-10-15(11-26)27-9-14(23-24-27)8-25-7-1-2-16(25)28/h3-6,9,15H,1-2,7-8,10-11H2,(H,22,29). The molecule has 3 amide bonds. The molecule has 0 bridgehead atoms. The van der Waals surface area contributed by atoms with Crippen LogP contribution in [-0.4, -0.2) is 56.4 Å². The first kappa shape index (κ1) is 19.2. The average Bonchev–Trinajstić information content (AvgIpc) is 3.23. The molecule has 2 aliphatic heterocycles.